The van der Waals surface area contributed by atoms with Crippen LogP contribution in [-0.2, 0) is 4.79 Å². The van der Waals surface area contributed by atoms with Crippen LogP contribution in [0.5, 0.6) is 0 Å². The SMILES string of the molecule is C=CC1=C(/C=C\C)CN(C[C@H](CCO)CC(C)C)C1=O. The van der Waals surface area contributed by atoms with Crippen molar-refractivity contribution in [1.29, 1.82) is 0 Å². The molecule has 1 N–H and O–H groups in total. The maximum Gasteiger partial charge on any atom is 0.254 e. The lowest BCUT2D eigenvalue weighted by molar-refractivity contribution is -0.125. The van der Waals surface area contributed by atoms with Gasteiger partial charge >= 0.3 is 0 Å². The molecular weight excluding hydrogens is 250 g/mol. The van der Waals surface area contributed by atoms with E-state index < -0.39 is 0 Å². The fraction of sp³-hybridized carbons (Fsp3) is 0.588. The zero-order valence-corrected chi connectivity index (χ0v) is 12.9. The Labute approximate surface area is 122 Å². The number of carbonyl (C=O) groups excluding carboxylic acids is 1. The first kappa shape index (κ1) is 16.7. The quantitative estimate of drug-likeness (QED) is 0.741. The van der Waals surface area contributed by atoms with Gasteiger partial charge in [-0.1, -0.05) is 38.7 Å². The first-order chi connectivity index (χ1) is 9.53. The van der Waals surface area contributed by atoms with Crippen molar-refractivity contribution in [1.82, 2.24) is 4.90 Å². The van der Waals surface area contributed by atoms with E-state index >= 15 is 0 Å². The van der Waals surface area contributed by atoms with Crippen molar-refractivity contribution in [3.8, 4) is 0 Å². The molecule has 1 rings (SSSR count). The molecule has 1 atom stereocenters. The third kappa shape index (κ3) is 4.34. The molecule has 112 valence electrons. The fourth-order valence-electron chi connectivity index (χ4n) is 2.82. The molecule has 0 aromatic carbocycles. The van der Waals surface area contributed by atoms with Crippen molar-refractivity contribution in [3.05, 3.63) is 36.0 Å². The van der Waals surface area contributed by atoms with Crippen molar-refractivity contribution in [3.63, 3.8) is 0 Å². The minimum absolute atomic E-state index is 0.0693. The molecule has 3 nitrogen and oxygen atoms in total. The molecule has 1 aliphatic rings. The number of rotatable bonds is 8. The second kappa shape index (κ2) is 8.05. The number of carbonyl (C=O) groups is 1. The van der Waals surface area contributed by atoms with Gasteiger partial charge in [-0.05, 0) is 37.2 Å². The highest BCUT2D eigenvalue weighted by atomic mass is 16.3. The smallest absolute Gasteiger partial charge is 0.254 e. The number of aliphatic hydroxyl groups excluding tert-OH is 1. The van der Waals surface area contributed by atoms with Gasteiger partial charge in [-0.15, -0.1) is 0 Å². The molecule has 0 aromatic heterocycles. The second-order valence-corrected chi connectivity index (χ2v) is 5.84. The minimum atomic E-state index is 0.0693. The van der Waals surface area contributed by atoms with Crippen molar-refractivity contribution >= 4 is 5.91 Å². The van der Waals surface area contributed by atoms with Crippen LogP contribution in [0.2, 0.25) is 0 Å². The van der Waals surface area contributed by atoms with Gasteiger partial charge in [0.1, 0.15) is 0 Å². The maximum absolute atomic E-state index is 12.3. The Balaban J connectivity index is 2.74. The first-order valence-electron chi connectivity index (χ1n) is 7.41. The van der Waals surface area contributed by atoms with E-state index in [1.54, 1.807) is 6.08 Å². The average Bonchev–Trinajstić information content (AvgIpc) is 2.65. The van der Waals surface area contributed by atoms with Crippen LogP contribution < -0.4 is 0 Å². The van der Waals surface area contributed by atoms with E-state index in [0.717, 1.165) is 30.5 Å². The molecule has 0 unspecified atom stereocenters. The van der Waals surface area contributed by atoms with E-state index in [4.69, 9.17) is 0 Å². The summed E-state index contributed by atoms with van der Waals surface area (Å²) in [5, 5.41) is 9.18. The average molecular weight is 277 g/mol. The Bertz CT molecular complexity index is 407. The molecule has 0 aliphatic carbocycles. The number of hydrogen-bond acceptors (Lipinski definition) is 2. The predicted octanol–water partition coefficient (Wildman–Crippen LogP) is 2.93. The zero-order chi connectivity index (χ0) is 15.1. The maximum atomic E-state index is 12.3. The number of aliphatic hydroxyl groups is 1. The van der Waals surface area contributed by atoms with E-state index in [2.05, 4.69) is 20.4 Å². The van der Waals surface area contributed by atoms with E-state index in [1.807, 2.05) is 24.0 Å². The second-order valence-electron chi connectivity index (χ2n) is 5.84. The molecule has 0 bridgehead atoms. The van der Waals surface area contributed by atoms with Gasteiger partial charge in [0.05, 0.1) is 0 Å². The van der Waals surface area contributed by atoms with Crippen molar-refractivity contribution in [2.75, 3.05) is 19.7 Å². The summed E-state index contributed by atoms with van der Waals surface area (Å²) >= 11 is 0. The molecule has 0 saturated heterocycles. The normalized spacial score (nSPS) is 17.6. The summed E-state index contributed by atoms with van der Waals surface area (Å²) in [7, 11) is 0. The monoisotopic (exact) mass is 277 g/mol. The van der Waals surface area contributed by atoms with Gasteiger partial charge in [-0.25, -0.2) is 0 Å². The van der Waals surface area contributed by atoms with Crippen LogP contribution in [0.25, 0.3) is 0 Å². The van der Waals surface area contributed by atoms with Crippen LogP contribution in [0, 0.1) is 11.8 Å². The third-order valence-corrected chi connectivity index (χ3v) is 3.62. The molecule has 0 spiro atoms. The van der Waals surface area contributed by atoms with Gasteiger partial charge in [0, 0.05) is 25.3 Å². The molecule has 1 amide bonds. The zero-order valence-electron chi connectivity index (χ0n) is 12.9. The summed E-state index contributed by atoms with van der Waals surface area (Å²) in [6.07, 6.45) is 7.38. The van der Waals surface area contributed by atoms with Crippen molar-refractivity contribution in [2.45, 2.75) is 33.6 Å². The number of hydrogen-bond donors (Lipinski definition) is 1. The molecule has 3 heteroatoms. The highest BCUT2D eigenvalue weighted by Crippen LogP contribution is 2.25. The summed E-state index contributed by atoms with van der Waals surface area (Å²) in [5.74, 6) is 1.01. The lowest BCUT2D eigenvalue weighted by atomic mass is 9.94. The van der Waals surface area contributed by atoms with Gasteiger partial charge in [0.2, 0.25) is 0 Å². The standard InChI is InChI=1S/C17H27NO2/c1-5-7-15-12-18(17(20)16(15)6-2)11-14(8-9-19)10-13(3)4/h5-7,13-14,19H,2,8-12H2,1,3-4H3/b7-5-/t14-/m1/s1. The van der Waals surface area contributed by atoms with Gasteiger partial charge in [0.15, 0.2) is 0 Å². The molecule has 0 saturated carbocycles. The van der Waals surface area contributed by atoms with Crippen LogP contribution in [0.1, 0.15) is 33.6 Å². The Morgan fingerprint density at radius 1 is 1.45 bits per heavy atom. The van der Waals surface area contributed by atoms with Gasteiger partial charge < -0.3 is 10.0 Å². The number of allylic oxidation sites excluding steroid dienone is 1. The topological polar surface area (TPSA) is 40.5 Å². The molecule has 0 aromatic rings. The van der Waals surface area contributed by atoms with Gasteiger partial charge in [-0.3, -0.25) is 4.79 Å². The van der Waals surface area contributed by atoms with E-state index in [1.165, 1.54) is 0 Å². The van der Waals surface area contributed by atoms with Crippen LogP contribution in [0.3, 0.4) is 0 Å². The van der Waals surface area contributed by atoms with E-state index in [-0.39, 0.29) is 12.5 Å². The third-order valence-electron chi connectivity index (χ3n) is 3.62. The van der Waals surface area contributed by atoms with Crippen molar-refractivity contribution in [2.24, 2.45) is 11.8 Å². The first-order valence-corrected chi connectivity index (χ1v) is 7.41. The van der Waals surface area contributed by atoms with Crippen molar-refractivity contribution < 1.29 is 9.90 Å². The molecule has 0 fully saturated rings. The summed E-state index contributed by atoms with van der Waals surface area (Å²) in [4.78, 5) is 14.2. The highest BCUT2D eigenvalue weighted by Gasteiger charge is 2.28. The van der Waals surface area contributed by atoms with Crippen LogP contribution >= 0.6 is 0 Å². The largest absolute Gasteiger partial charge is 0.396 e. The fourth-order valence-corrected chi connectivity index (χ4v) is 2.82. The van der Waals surface area contributed by atoms with E-state index in [9.17, 15) is 9.90 Å². The summed E-state index contributed by atoms with van der Waals surface area (Å²) in [5.41, 5.74) is 1.76. The van der Waals surface area contributed by atoms with Crippen LogP contribution in [0.15, 0.2) is 36.0 Å². The predicted molar refractivity (Wildman–Crippen MR) is 83.3 cm³/mol. The van der Waals surface area contributed by atoms with Crippen LogP contribution in [0.4, 0.5) is 0 Å². The Hall–Kier alpha value is -1.35. The lowest BCUT2D eigenvalue weighted by Crippen LogP contribution is -2.33. The molecule has 1 aliphatic heterocycles. The molecule has 1 heterocycles. The summed E-state index contributed by atoms with van der Waals surface area (Å²) in [6, 6.07) is 0. The highest BCUT2D eigenvalue weighted by molar-refractivity contribution is 6.00. The number of amides is 1. The molecule has 0 radical (unpaired) electrons. The Kier molecular flexibility index (Phi) is 6.73. The molecule has 20 heavy (non-hydrogen) atoms. The van der Waals surface area contributed by atoms with Crippen LogP contribution in [-0.4, -0.2) is 35.6 Å². The molecular formula is C17H27NO2. The minimum Gasteiger partial charge on any atom is -0.396 e. The summed E-state index contributed by atoms with van der Waals surface area (Å²) < 4.78 is 0. The Morgan fingerprint density at radius 3 is 2.65 bits per heavy atom. The Morgan fingerprint density at radius 2 is 2.15 bits per heavy atom. The van der Waals surface area contributed by atoms with E-state index in [0.29, 0.717) is 18.4 Å². The number of nitrogens with zero attached hydrogens (tertiary/aromatic N) is 1. The lowest BCUT2D eigenvalue weighted by Gasteiger charge is -2.25. The van der Waals surface area contributed by atoms with Gasteiger partial charge in [-0.2, -0.15) is 0 Å². The summed E-state index contributed by atoms with van der Waals surface area (Å²) in [6.45, 7) is 11.6. The van der Waals surface area contributed by atoms with Gasteiger partial charge in [0.25, 0.3) is 5.91 Å².